The molecule has 0 aliphatic rings. The van der Waals surface area contributed by atoms with Crippen molar-refractivity contribution in [2.45, 2.75) is 39.5 Å². The lowest BCUT2D eigenvalue weighted by Gasteiger charge is -2.19. The second-order valence-corrected chi connectivity index (χ2v) is 5.32. The van der Waals surface area contributed by atoms with Crippen LogP contribution in [0.15, 0.2) is 0 Å². The molecule has 7 nitrogen and oxygen atoms in total. The van der Waals surface area contributed by atoms with Gasteiger partial charge in [-0.15, -0.1) is 0 Å². The van der Waals surface area contributed by atoms with Gasteiger partial charge in [0.05, 0.1) is 33.0 Å². The van der Waals surface area contributed by atoms with E-state index in [0.29, 0.717) is 39.6 Å². The fourth-order valence-corrected chi connectivity index (χ4v) is 1.33. The number of carbonyl (C=O) groups excluding carboxylic acids is 1. The maximum atomic E-state index is 11.3. The minimum atomic E-state index is -0.489. The van der Waals surface area contributed by atoms with E-state index in [4.69, 9.17) is 29.4 Å². The largest absolute Gasteiger partial charge is 0.458 e. The summed E-state index contributed by atoms with van der Waals surface area (Å²) in [5.74, 6) is -0.379. The number of esters is 1. The Morgan fingerprint density at radius 2 is 1.62 bits per heavy atom. The van der Waals surface area contributed by atoms with Gasteiger partial charge in [-0.25, -0.2) is 4.79 Å². The van der Waals surface area contributed by atoms with E-state index in [9.17, 15) is 4.79 Å². The molecule has 1 unspecified atom stereocenters. The van der Waals surface area contributed by atoms with Crippen molar-refractivity contribution in [3.63, 3.8) is 0 Å². The molecular weight excluding hydrogens is 278 g/mol. The second-order valence-electron chi connectivity index (χ2n) is 5.32. The number of hydrogen-bond acceptors (Lipinski definition) is 7. The molecular formula is C14H29NO6. The van der Waals surface area contributed by atoms with Crippen LogP contribution in [0.2, 0.25) is 0 Å². The Hall–Kier alpha value is -0.730. The van der Waals surface area contributed by atoms with Crippen LogP contribution in [-0.2, 0) is 28.5 Å². The summed E-state index contributed by atoms with van der Waals surface area (Å²) < 4.78 is 25.9. The predicted molar refractivity (Wildman–Crippen MR) is 77.9 cm³/mol. The molecule has 0 rings (SSSR count). The van der Waals surface area contributed by atoms with Crippen LogP contribution in [0.4, 0.5) is 0 Å². The highest BCUT2D eigenvalue weighted by Gasteiger charge is 2.15. The van der Waals surface area contributed by atoms with Gasteiger partial charge in [0, 0.05) is 6.61 Å². The summed E-state index contributed by atoms with van der Waals surface area (Å²) in [6.45, 7) is 9.74. The number of ether oxygens (including phenoxy) is 5. The Morgan fingerprint density at radius 1 is 1.05 bits per heavy atom. The van der Waals surface area contributed by atoms with Crippen molar-refractivity contribution in [3.8, 4) is 0 Å². The zero-order chi connectivity index (χ0) is 16.1. The standard InChI is InChI=1S/C14H29NO6/c1-5-20-12(15)10-18-8-6-17-7-9-19-11-13(16)21-14(2,3)4/h12H,5-11,15H2,1-4H3. The van der Waals surface area contributed by atoms with Crippen LogP contribution in [0.25, 0.3) is 0 Å². The number of carbonyl (C=O) groups is 1. The first-order valence-corrected chi connectivity index (χ1v) is 7.17. The van der Waals surface area contributed by atoms with Gasteiger partial charge in [-0.2, -0.15) is 0 Å². The van der Waals surface area contributed by atoms with Gasteiger partial charge in [0.1, 0.15) is 18.4 Å². The molecule has 2 N–H and O–H groups in total. The third-order valence-corrected chi connectivity index (χ3v) is 2.05. The van der Waals surface area contributed by atoms with Crippen LogP contribution in [0.5, 0.6) is 0 Å². The normalized spacial score (nSPS) is 13.2. The molecule has 0 saturated carbocycles. The van der Waals surface area contributed by atoms with Gasteiger partial charge in [-0.05, 0) is 27.7 Å². The van der Waals surface area contributed by atoms with Crippen LogP contribution in [0, 0.1) is 0 Å². The van der Waals surface area contributed by atoms with Crippen molar-refractivity contribution in [3.05, 3.63) is 0 Å². The van der Waals surface area contributed by atoms with Gasteiger partial charge in [-0.3, -0.25) is 0 Å². The Morgan fingerprint density at radius 3 is 2.19 bits per heavy atom. The molecule has 0 fully saturated rings. The lowest BCUT2D eigenvalue weighted by molar-refractivity contribution is -0.160. The Balaban J connectivity index is 3.28. The van der Waals surface area contributed by atoms with Crippen LogP contribution in [0.3, 0.4) is 0 Å². The lowest BCUT2D eigenvalue weighted by Crippen LogP contribution is -2.30. The third-order valence-electron chi connectivity index (χ3n) is 2.05. The summed E-state index contributed by atoms with van der Waals surface area (Å²) in [4.78, 5) is 11.3. The van der Waals surface area contributed by atoms with Crippen LogP contribution in [0.1, 0.15) is 27.7 Å². The minimum absolute atomic E-state index is 0.0691. The molecule has 0 bridgehead atoms. The Bertz CT molecular complexity index is 267. The molecule has 0 heterocycles. The molecule has 21 heavy (non-hydrogen) atoms. The molecule has 0 aliphatic carbocycles. The number of rotatable bonds is 12. The van der Waals surface area contributed by atoms with Gasteiger partial charge in [-0.1, -0.05) is 0 Å². The summed E-state index contributed by atoms with van der Waals surface area (Å²) in [6, 6.07) is 0. The van der Waals surface area contributed by atoms with E-state index in [1.807, 2.05) is 27.7 Å². The summed E-state index contributed by atoms with van der Waals surface area (Å²) in [7, 11) is 0. The Labute approximate surface area is 127 Å². The van der Waals surface area contributed by atoms with E-state index in [-0.39, 0.29) is 12.6 Å². The number of hydrogen-bond donors (Lipinski definition) is 1. The monoisotopic (exact) mass is 307 g/mol. The maximum Gasteiger partial charge on any atom is 0.332 e. The molecule has 0 aromatic heterocycles. The third kappa shape index (κ3) is 15.5. The van der Waals surface area contributed by atoms with Crippen LogP contribution < -0.4 is 5.73 Å². The smallest absolute Gasteiger partial charge is 0.332 e. The first kappa shape index (κ1) is 20.3. The van der Waals surface area contributed by atoms with Crippen molar-refractivity contribution < 1.29 is 28.5 Å². The van der Waals surface area contributed by atoms with Gasteiger partial charge in [0.2, 0.25) is 0 Å². The molecule has 0 saturated heterocycles. The summed E-state index contributed by atoms with van der Waals surface area (Å²) in [6.07, 6.45) is -0.396. The summed E-state index contributed by atoms with van der Waals surface area (Å²) in [5, 5.41) is 0. The minimum Gasteiger partial charge on any atom is -0.458 e. The SMILES string of the molecule is CCOC(N)COCCOCCOCC(=O)OC(C)(C)C. The molecule has 0 aliphatic heterocycles. The average molecular weight is 307 g/mol. The van der Waals surface area contributed by atoms with Crippen LogP contribution in [-0.4, -0.2) is 64.0 Å². The zero-order valence-corrected chi connectivity index (χ0v) is 13.6. The number of nitrogens with two attached hydrogens (primary N) is 1. The van der Waals surface area contributed by atoms with E-state index in [1.54, 1.807) is 0 Å². The molecule has 0 amide bonds. The van der Waals surface area contributed by atoms with Crippen molar-refractivity contribution in [2.24, 2.45) is 5.73 Å². The van der Waals surface area contributed by atoms with Crippen molar-refractivity contribution in [2.75, 3.05) is 46.2 Å². The quantitative estimate of drug-likeness (QED) is 0.322. The van der Waals surface area contributed by atoms with Crippen molar-refractivity contribution in [1.82, 2.24) is 0 Å². The highest BCUT2D eigenvalue weighted by Crippen LogP contribution is 2.06. The lowest BCUT2D eigenvalue weighted by atomic mass is 10.2. The summed E-state index contributed by atoms with van der Waals surface area (Å²) in [5.41, 5.74) is 5.10. The van der Waals surface area contributed by atoms with Crippen LogP contribution >= 0.6 is 0 Å². The van der Waals surface area contributed by atoms with Gasteiger partial charge in [0.25, 0.3) is 0 Å². The van der Waals surface area contributed by atoms with Gasteiger partial charge in [0.15, 0.2) is 0 Å². The van der Waals surface area contributed by atoms with Crippen molar-refractivity contribution in [1.29, 1.82) is 0 Å². The fourth-order valence-electron chi connectivity index (χ4n) is 1.33. The summed E-state index contributed by atoms with van der Waals surface area (Å²) >= 11 is 0. The van der Waals surface area contributed by atoms with E-state index < -0.39 is 11.8 Å². The molecule has 0 spiro atoms. The van der Waals surface area contributed by atoms with Gasteiger partial charge >= 0.3 is 5.97 Å². The highest BCUT2D eigenvalue weighted by molar-refractivity contribution is 5.71. The predicted octanol–water partition coefficient (Wildman–Crippen LogP) is 0.699. The van der Waals surface area contributed by atoms with E-state index in [0.717, 1.165) is 0 Å². The second kappa shape index (κ2) is 11.9. The molecule has 1 atom stereocenters. The molecule has 0 radical (unpaired) electrons. The molecule has 7 heteroatoms. The van der Waals surface area contributed by atoms with Gasteiger partial charge < -0.3 is 29.4 Å². The first-order chi connectivity index (χ1) is 9.85. The fraction of sp³-hybridized carbons (Fsp3) is 0.929. The zero-order valence-electron chi connectivity index (χ0n) is 13.6. The Kier molecular flexibility index (Phi) is 11.5. The van der Waals surface area contributed by atoms with E-state index in [2.05, 4.69) is 0 Å². The average Bonchev–Trinajstić information content (AvgIpc) is 2.35. The van der Waals surface area contributed by atoms with Crippen molar-refractivity contribution >= 4 is 5.97 Å². The highest BCUT2D eigenvalue weighted by atomic mass is 16.6. The molecule has 0 aromatic carbocycles. The first-order valence-electron chi connectivity index (χ1n) is 7.17. The maximum absolute atomic E-state index is 11.3. The molecule has 0 aromatic rings. The van der Waals surface area contributed by atoms with E-state index >= 15 is 0 Å². The van der Waals surface area contributed by atoms with E-state index in [1.165, 1.54) is 0 Å². The molecule has 126 valence electrons. The topological polar surface area (TPSA) is 89.2 Å².